The summed E-state index contributed by atoms with van der Waals surface area (Å²) in [4.78, 5) is 21.9. The molecule has 1 aromatic rings. The minimum Gasteiger partial charge on any atom is -0.481 e. The quantitative estimate of drug-likeness (QED) is 0.783. The number of alkyl halides is 2. The van der Waals surface area contributed by atoms with Gasteiger partial charge < -0.3 is 9.84 Å². The van der Waals surface area contributed by atoms with E-state index in [2.05, 4.69) is 0 Å². The molecule has 0 aromatic heterocycles. The fourth-order valence-corrected chi connectivity index (χ4v) is 1.93. The smallest absolute Gasteiger partial charge is 0.310 e. The van der Waals surface area contributed by atoms with Gasteiger partial charge in [0, 0.05) is 12.0 Å². The first-order valence-corrected chi connectivity index (χ1v) is 6.22. The van der Waals surface area contributed by atoms with Gasteiger partial charge in [-0.15, -0.1) is 0 Å². The number of aryl methyl sites for hydroxylation is 1. The van der Waals surface area contributed by atoms with Crippen molar-refractivity contribution < 1.29 is 28.2 Å². The van der Waals surface area contributed by atoms with Gasteiger partial charge in [0.2, 0.25) is 0 Å². The minimum absolute atomic E-state index is 0.00563. The minimum atomic E-state index is -2.76. The number of ether oxygens (including phenoxy) is 1. The van der Waals surface area contributed by atoms with Crippen molar-refractivity contribution in [1.82, 2.24) is 0 Å². The topological polar surface area (TPSA) is 63.6 Å². The van der Waals surface area contributed by atoms with Gasteiger partial charge in [-0.3, -0.25) is 9.59 Å². The fraction of sp³-hybridized carbons (Fsp3) is 0.429. The summed E-state index contributed by atoms with van der Waals surface area (Å²) >= 11 is 0. The van der Waals surface area contributed by atoms with Crippen LogP contribution in [-0.2, 0) is 27.2 Å². The molecule has 0 saturated heterocycles. The lowest BCUT2D eigenvalue weighted by Gasteiger charge is -2.13. The van der Waals surface area contributed by atoms with Crippen LogP contribution in [0.2, 0.25) is 0 Å². The van der Waals surface area contributed by atoms with Gasteiger partial charge >= 0.3 is 11.9 Å². The standard InChI is InChI=1S/C14H16F2O4/c1-2-20-12(19)8-10-5-3-4-9(6-7-11(17)18)13(10)14(15)16/h3-5,14H,2,6-8H2,1H3,(H,17,18). The van der Waals surface area contributed by atoms with Crippen molar-refractivity contribution >= 4 is 11.9 Å². The van der Waals surface area contributed by atoms with Crippen LogP contribution in [0.3, 0.4) is 0 Å². The Kier molecular flexibility index (Phi) is 6.09. The van der Waals surface area contributed by atoms with Gasteiger partial charge in [0.25, 0.3) is 6.43 Å². The van der Waals surface area contributed by atoms with Gasteiger partial charge in [-0.2, -0.15) is 0 Å². The molecule has 0 radical (unpaired) electrons. The van der Waals surface area contributed by atoms with Crippen molar-refractivity contribution in [3.8, 4) is 0 Å². The van der Waals surface area contributed by atoms with Crippen molar-refractivity contribution in [3.63, 3.8) is 0 Å². The van der Waals surface area contributed by atoms with E-state index in [4.69, 9.17) is 9.84 Å². The van der Waals surface area contributed by atoms with Crippen LogP contribution in [0.4, 0.5) is 8.78 Å². The Balaban J connectivity index is 3.01. The Morgan fingerprint density at radius 2 is 1.95 bits per heavy atom. The van der Waals surface area contributed by atoms with Crippen LogP contribution >= 0.6 is 0 Å². The molecule has 0 heterocycles. The van der Waals surface area contributed by atoms with Gasteiger partial charge in [0.05, 0.1) is 13.0 Å². The number of hydrogen-bond donors (Lipinski definition) is 1. The first-order chi connectivity index (χ1) is 9.45. The number of esters is 1. The highest BCUT2D eigenvalue weighted by Crippen LogP contribution is 2.28. The molecule has 1 N–H and O–H groups in total. The molecule has 0 aliphatic rings. The first-order valence-electron chi connectivity index (χ1n) is 6.22. The van der Waals surface area contributed by atoms with Crippen LogP contribution < -0.4 is 0 Å². The molecule has 0 amide bonds. The number of carboxylic acid groups (broad SMARTS) is 1. The molecule has 0 bridgehead atoms. The lowest BCUT2D eigenvalue weighted by atomic mass is 9.96. The molecule has 0 spiro atoms. The molecule has 1 rings (SSSR count). The largest absolute Gasteiger partial charge is 0.481 e. The van der Waals surface area contributed by atoms with Crippen LogP contribution in [0, 0.1) is 0 Å². The second-order valence-electron chi connectivity index (χ2n) is 4.17. The summed E-state index contributed by atoms with van der Waals surface area (Å²) in [7, 11) is 0. The zero-order valence-corrected chi connectivity index (χ0v) is 11.1. The molecular formula is C14H16F2O4. The molecule has 110 valence electrons. The maximum Gasteiger partial charge on any atom is 0.310 e. The predicted octanol–water partition coefficient (Wildman–Crippen LogP) is 2.75. The number of hydrogen-bond acceptors (Lipinski definition) is 3. The molecule has 6 heteroatoms. The zero-order chi connectivity index (χ0) is 15.1. The third-order valence-corrected chi connectivity index (χ3v) is 2.75. The summed E-state index contributed by atoms with van der Waals surface area (Å²) < 4.78 is 31.0. The van der Waals surface area contributed by atoms with Crippen molar-refractivity contribution in [2.45, 2.75) is 32.6 Å². The fourth-order valence-electron chi connectivity index (χ4n) is 1.93. The van der Waals surface area contributed by atoms with Crippen molar-refractivity contribution in [3.05, 3.63) is 34.9 Å². The highest BCUT2D eigenvalue weighted by atomic mass is 19.3. The molecule has 0 unspecified atom stereocenters. The summed E-state index contributed by atoms with van der Waals surface area (Å²) in [6, 6.07) is 4.43. The van der Waals surface area contributed by atoms with Gasteiger partial charge in [-0.25, -0.2) is 8.78 Å². The molecule has 4 nitrogen and oxygen atoms in total. The molecule has 0 saturated carbocycles. The van der Waals surface area contributed by atoms with Crippen molar-refractivity contribution in [2.75, 3.05) is 6.61 Å². The Hall–Kier alpha value is -1.98. The van der Waals surface area contributed by atoms with E-state index < -0.39 is 18.4 Å². The SMILES string of the molecule is CCOC(=O)Cc1cccc(CCC(=O)O)c1C(F)F. The Morgan fingerprint density at radius 1 is 1.30 bits per heavy atom. The van der Waals surface area contributed by atoms with E-state index in [1.807, 2.05) is 0 Å². The number of halogens is 2. The number of carbonyl (C=O) groups excluding carboxylic acids is 1. The van der Waals surface area contributed by atoms with Crippen LogP contribution in [0.1, 0.15) is 36.5 Å². The Labute approximate surface area is 115 Å². The number of carboxylic acids is 1. The van der Waals surface area contributed by atoms with Crippen molar-refractivity contribution in [2.24, 2.45) is 0 Å². The van der Waals surface area contributed by atoms with Crippen LogP contribution in [-0.4, -0.2) is 23.7 Å². The van der Waals surface area contributed by atoms with Crippen LogP contribution in [0.25, 0.3) is 0 Å². The molecular weight excluding hydrogens is 270 g/mol. The van der Waals surface area contributed by atoms with Crippen LogP contribution in [0.15, 0.2) is 18.2 Å². The summed E-state index contributed by atoms with van der Waals surface area (Å²) in [5.74, 6) is -1.63. The van der Waals surface area contributed by atoms with E-state index >= 15 is 0 Å². The molecule has 0 fully saturated rings. The maximum atomic E-state index is 13.1. The van der Waals surface area contributed by atoms with E-state index in [1.54, 1.807) is 6.92 Å². The van der Waals surface area contributed by atoms with Gasteiger partial charge in [0.1, 0.15) is 0 Å². The maximum absolute atomic E-state index is 13.1. The average Bonchev–Trinajstić information content (AvgIpc) is 2.36. The van der Waals surface area contributed by atoms with Crippen LogP contribution in [0.5, 0.6) is 0 Å². The average molecular weight is 286 g/mol. The number of benzene rings is 1. The lowest BCUT2D eigenvalue weighted by Crippen LogP contribution is -2.11. The highest BCUT2D eigenvalue weighted by molar-refractivity contribution is 5.73. The van der Waals surface area contributed by atoms with Crippen molar-refractivity contribution in [1.29, 1.82) is 0 Å². The van der Waals surface area contributed by atoms with E-state index in [9.17, 15) is 18.4 Å². The third kappa shape index (κ3) is 4.60. The monoisotopic (exact) mass is 286 g/mol. The summed E-state index contributed by atoms with van der Waals surface area (Å²) in [5.41, 5.74) is 0.173. The first kappa shape index (κ1) is 16.1. The lowest BCUT2D eigenvalue weighted by molar-refractivity contribution is -0.142. The van der Waals surface area contributed by atoms with E-state index in [0.29, 0.717) is 0 Å². The molecule has 0 aliphatic heterocycles. The summed E-state index contributed by atoms with van der Waals surface area (Å²) in [6.07, 6.45) is -3.23. The number of rotatable bonds is 7. The van der Waals surface area contributed by atoms with E-state index in [-0.39, 0.29) is 42.6 Å². The second-order valence-corrected chi connectivity index (χ2v) is 4.17. The van der Waals surface area contributed by atoms with Gasteiger partial charge in [0.15, 0.2) is 0 Å². The van der Waals surface area contributed by atoms with E-state index in [0.717, 1.165) is 0 Å². The molecule has 20 heavy (non-hydrogen) atoms. The second kappa shape index (κ2) is 7.57. The molecule has 0 aliphatic carbocycles. The molecule has 1 aromatic carbocycles. The number of carbonyl (C=O) groups is 2. The highest BCUT2D eigenvalue weighted by Gasteiger charge is 2.20. The normalized spacial score (nSPS) is 10.6. The third-order valence-electron chi connectivity index (χ3n) is 2.75. The van der Waals surface area contributed by atoms with Gasteiger partial charge in [-0.1, -0.05) is 18.2 Å². The Bertz CT molecular complexity index is 486. The number of aliphatic carboxylic acids is 1. The Morgan fingerprint density at radius 3 is 2.50 bits per heavy atom. The summed E-state index contributed by atoms with van der Waals surface area (Å²) in [5, 5.41) is 8.63. The summed E-state index contributed by atoms with van der Waals surface area (Å²) in [6.45, 7) is 1.82. The zero-order valence-electron chi connectivity index (χ0n) is 11.1. The molecule has 0 atom stereocenters. The van der Waals surface area contributed by atoms with E-state index in [1.165, 1.54) is 18.2 Å². The predicted molar refractivity (Wildman–Crippen MR) is 67.7 cm³/mol. The van der Waals surface area contributed by atoms with Gasteiger partial charge in [-0.05, 0) is 24.5 Å².